The second kappa shape index (κ2) is 10.8. The highest BCUT2D eigenvalue weighted by molar-refractivity contribution is 8.00. The number of fused-ring (bicyclic) bond motifs is 14. The van der Waals surface area contributed by atoms with Gasteiger partial charge in [-0.2, -0.15) is 0 Å². The lowest BCUT2D eigenvalue weighted by Crippen LogP contribution is -2.25. The van der Waals surface area contributed by atoms with Gasteiger partial charge in [0.15, 0.2) is 11.3 Å². The first-order chi connectivity index (χ1) is 25.8. The quantitative estimate of drug-likeness (QED) is 0.178. The summed E-state index contributed by atoms with van der Waals surface area (Å²) in [5.74, 6) is 0.920. The second-order valence-corrected chi connectivity index (χ2v) is 15.7. The van der Waals surface area contributed by atoms with Crippen LogP contribution in [0, 0.1) is 0 Å². The van der Waals surface area contributed by atoms with E-state index in [1.807, 2.05) is 23.5 Å². The number of hydrogen-bond donors (Lipinski definition) is 0. The Labute approximate surface area is 308 Å². The van der Waals surface area contributed by atoms with Gasteiger partial charge in [0.1, 0.15) is 11.7 Å². The maximum Gasteiger partial charge on any atom is 0.178 e. The number of allylic oxidation sites excluding steroid dienone is 1. The molecule has 0 N–H and O–H groups in total. The molecule has 2 unspecified atom stereocenters. The summed E-state index contributed by atoms with van der Waals surface area (Å²) in [6.07, 6.45) is 6.75. The standard InChI is InChI=1S/C46H28N2O2S2/c1-2-12-30-29(11-1)43-31-23-21-27(47-33-13-3-7-17-39(33)51-40-18-8-4-14-34(40)47)25-37(31)49-45(43)46-44(30)32-24-22-28(26-38(32)50-46)48-35-15-5-9-19-41(35)52-42-20-10-6-16-36(42)48/h1-26,31,37H. The Morgan fingerprint density at radius 3 is 1.73 bits per heavy atom. The maximum atomic E-state index is 7.03. The van der Waals surface area contributed by atoms with Crippen molar-refractivity contribution in [2.75, 3.05) is 9.80 Å². The van der Waals surface area contributed by atoms with Crippen molar-refractivity contribution in [1.82, 2.24) is 0 Å². The van der Waals surface area contributed by atoms with Gasteiger partial charge in [-0.05, 0) is 83.6 Å². The molecular formula is C46H28N2O2S2. The Kier molecular flexibility index (Phi) is 6.01. The van der Waals surface area contributed by atoms with Crippen molar-refractivity contribution in [1.29, 1.82) is 0 Å². The number of rotatable bonds is 2. The molecule has 8 aromatic rings. The predicted octanol–water partition coefficient (Wildman–Crippen LogP) is 13.3. The van der Waals surface area contributed by atoms with E-state index in [0.29, 0.717) is 0 Å². The van der Waals surface area contributed by atoms with Crippen LogP contribution >= 0.6 is 23.5 Å². The molecule has 52 heavy (non-hydrogen) atoms. The molecule has 1 aliphatic carbocycles. The molecule has 0 saturated carbocycles. The molecule has 246 valence electrons. The number of hydrogen-bond acceptors (Lipinski definition) is 6. The van der Waals surface area contributed by atoms with Gasteiger partial charge in [0, 0.05) is 59.3 Å². The third-order valence-electron chi connectivity index (χ3n) is 10.7. The summed E-state index contributed by atoms with van der Waals surface area (Å²) >= 11 is 3.65. The first-order valence-electron chi connectivity index (χ1n) is 17.6. The van der Waals surface area contributed by atoms with Crippen LogP contribution in [0.1, 0.15) is 11.5 Å². The van der Waals surface area contributed by atoms with Crippen molar-refractivity contribution < 1.29 is 9.15 Å². The van der Waals surface area contributed by atoms with Crippen LogP contribution in [0.2, 0.25) is 0 Å². The second-order valence-electron chi connectivity index (χ2n) is 13.6. The number of nitrogens with zero attached hydrogens (tertiary/aromatic N) is 2. The Bertz CT molecular complexity index is 2800. The van der Waals surface area contributed by atoms with Crippen molar-refractivity contribution in [3.8, 4) is 5.75 Å². The van der Waals surface area contributed by atoms with Crippen LogP contribution < -0.4 is 14.5 Å². The summed E-state index contributed by atoms with van der Waals surface area (Å²) < 4.78 is 14.0. The molecule has 4 nitrogen and oxygen atoms in total. The van der Waals surface area contributed by atoms with Crippen molar-refractivity contribution in [2.45, 2.75) is 31.6 Å². The normalized spacial score (nSPS) is 18.0. The van der Waals surface area contributed by atoms with E-state index in [0.717, 1.165) is 39.1 Å². The average Bonchev–Trinajstić information content (AvgIpc) is 3.78. The molecule has 0 spiro atoms. The fourth-order valence-electron chi connectivity index (χ4n) is 8.54. The predicted molar refractivity (Wildman–Crippen MR) is 214 cm³/mol. The molecule has 0 radical (unpaired) electrons. The molecule has 4 heterocycles. The number of anilines is 5. The summed E-state index contributed by atoms with van der Waals surface area (Å²) in [5.41, 5.74) is 9.78. The highest BCUT2D eigenvalue weighted by Crippen LogP contribution is 2.56. The smallest absolute Gasteiger partial charge is 0.178 e. The van der Waals surface area contributed by atoms with E-state index in [1.54, 1.807) is 0 Å². The van der Waals surface area contributed by atoms with Crippen molar-refractivity contribution in [2.24, 2.45) is 0 Å². The minimum atomic E-state index is -0.166. The third-order valence-corrected chi connectivity index (χ3v) is 13.0. The average molecular weight is 705 g/mol. The molecule has 0 saturated heterocycles. The van der Waals surface area contributed by atoms with Crippen LogP contribution in [0.3, 0.4) is 0 Å². The summed E-state index contributed by atoms with van der Waals surface area (Å²) in [7, 11) is 0. The van der Waals surface area contributed by atoms with E-state index in [1.165, 1.54) is 58.7 Å². The van der Waals surface area contributed by atoms with Crippen molar-refractivity contribution in [3.63, 3.8) is 0 Å². The molecule has 12 rings (SSSR count). The largest absolute Gasteiger partial charge is 0.481 e. The SMILES string of the molecule is C1=CC2c3c(c4oc5cc(N6c7ccccc7Sc7ccccc76)ccc5c4c4ccccc34)OC2C=C1N1c2ccccc2Sc2ccccc21. The zero-order valence-electron chi connectivity index (χ0n) is 27.7. The van der Waals surface area contributed by atoms with Crippen LogP contribution in [-0.2, 0) is 0 Å². The Morgan fingerprint density at radius 1 is 0.538 bits per heavy atom. The molecule has 0 bridgehead atoms. The van der Waals surface area contributed by atoms with Crippen LogP contribution in [0.15, 0.2) is 187 Å². The van der Waals surface area contributed by atoms with E-state index in [9.17, 15) is 0 Å². The molecule has 1 aromatic heterocycles. The number of para-hydroxylation sites is 4. The summed E-state index contributed by atoms with van der Waals surface area (Å²) in [5, 5.41) is 4.60. The van der Waals surface area contributed by atoms with E-state index >= 15 is 0 Å². The highest BCUT2D eigenvalue weighted by atomic mass is 32.2. The van der Waals surface area contributed by atoms with Gasteiger partial charge in [0.25, 0.3) is 0 Å². The first kappa shape index (κ1) is 28.8. The van der Waals surface area contributed by atoms with Crippen LogP contribution in [-0.4, -0.2) is 6.10 Å². The van der Waals surface area contributed by atoms with Gasteiger partial charge in [0.2, 0.25) is 0 Å². The monoisotopic (exact) mass is 704 g/mol. The lowest BCUT2D eigenvalue weighted by molar-refractivity contribution is 0.267. The van der Waals surface area contributed by atoms with Crippen LogP contribution in [0.5, 0.6) is 5.75 Å². The van der Waals surface area contributed by atoms with Gasteiger partial charge in [-0.3, -0.25) is 0 Å². The number of furan rings is 1. The van der Waals surface area contributed by atoms with E-state index in [2.05, 4.69) is 168 Å². The minimum absolute atomic E-state index is 0.0697. The lowest BCUT2D eigenvalue weighted by atomic mass is 9.86. The van der Waals surface area contributed by atoms with E-state index < -0.39 is 0 Å². The number of benzene rings is 7. The maximum absolute atomic E-state index is 7.03. The van der Waals surface area contributed by atoms with Gasteiger partial charge in [-0.1, -0.05) is 102 Å². The minimum Gasteiger partial charge on any atom is -0.481 e. The third kappa shape index (κ3) is 4.02. The zero-order chi connectivity index (χ0) is 33.9. The molecule has 2 atom stereocenters. The lowest BCUT2D eigenvalue weighted by Gasteiger charge is -2.35. The highest BCUT2D eigenvalue weighted by Gasteiger charge is 2.40. The Balaban J connectivity index is 1.01. The summed E-state index contributed by atoms with van der Waals surface area (Å²) in [6, 6.07) is 50.0. The van der Waals surface area contributed by atoms with E-state index in [-0.39, 0.29) is 12.0 Å². The van der Waals surface area contributed by atoms with Gasteiger partial charge in [0.05, 0.1) is 22.7 Å². The van der Waals surface area contributed by atoms with Gasteiger partial charge in [-0.25, -0.2) is 0 Å². The fourth-order valence-corrected chi connectivity index (χ4v) is 10.7. The Morgan fingerprint density at radius 2 is 1.10 bits per heavy atom. The molecule has 3 aliphatic heterocycles. The number of ether oxygens (including phenoxy) is 1. The zero-order valence-corrected chi connectivity index (χ0v) is 29.3. The molecule has 0 amide bonds. The van der Waals surface area contributed by atoms with Crippen LogP contribution in [0.4, 0.5) is 28.4 Å². The Hall–Kier alpha value is -5.82. The first-order valence-corrected chi connectivity index (χ1v) is 19.2. The molecule has 6 heteroatoms. The molecule has 7 aromatic carbocycles. The van der Waals surface area contributed by atoms with Crippen molar-refractivity contribution in [3.05, 3.63) is 169 Å². The van der Waals surface area contributed by atoms with Gasteiger partial charge >= 0.3 is 0 Å². The topological polar surface area (TPSA) is 28.9 Å². The van der Waals surface area contributed by atoms with Gasteiger partial charge < -0.3 is 19.0 Å². The van der Waals surface area contributed by atoms with Crippen LogP contribution in [0.25, 0.3) is 32.7 Å². The summed E-state index contributed by atoms with van der Waals surface area (Å²) in [4.78, 5) is 9.71. The fraction of sp³-hybridized carbons (Fsp3) is 0.0435. The van der Waals surface area contributed by atoms with Crippen molar-refractivity contribution >= 4 is 84.7 Å². The molecule has 4 aliphatic rings. The van der Waals surface area contributed by atoms with Gasteiger partial charge in [-0.15, -0.1) is 0 Å². The molecule has 0 fully saturated rings. The summed E-state index contributed by atoms with van der Waals surface area (Å²) in [6.45, 7) is 0. The molecular weight excluding hydrogens is 677 g/mol. The van der Waals surface area contributed by atoms with E-state index in [4.69, 9.17) is 9.15 Å².